The number of aromatic amines is 1. The van der Waals surface area contributed by atoms with Gasteiger partial charge in [0.15, 0.2) is 0 Å². The molecule has 1 atom stereocenters. The lowest BCUT2D eigenvalue weighted by molar-refractivity contribution is 0.233. The highest BCUT2D eigenvalue weighted by molar-refractivity contribution is 5.55. The maximum Gasteiger partial charge on any atom is 0.251 e. The Balaban J connectivity index is 1.44. The minimum absolute atomic E-state index is 0.0420. The van der Waals surface area contributed by atoms with Gasteiger partial charge in [-0.05, 0) is 50.9 Å². The molecule has 1 aliphatic heterocycles. The third kappa shape index (κ3) is 5.14. The number of aromatic nitrogens is 2. The highest BCUT2D eigenvalue weighted by Gasteiger charge is 2.22. The van der Waals surface area contributed by atoms with Crippen molar-refractivity contribution in [2.45, 2.75) is 51.5 Å². The van der Waals surface area contributed by atoms with E-state index in [9.17, 15) is 4.79 Å². The summed E-state index contributed by atoms with van der Waals surface area (Å²) >= 11 is 0. The van der Waals surface area contributed by atoms with Crippen LogP contribution in [0.1, 0.15) is 56.2 Å². The number of hydrogen-bond acceptors (Lipinski definition) is 4. The van der Waals surface area contributed by atoms with Gasteiger partial charge < -0.3 is 9.88 Å². The molecular formula is C24H34N4O. The Bertz CT molecular complexity index is 854. The molecule has 1 aromatic heterocycles. The van der Waals surface area contributed by atoms with Crippen LogP contribution in [0.25, 0.3) is 11.4 Å². The lowest BCUT2D eigenvalue weighted by atomic mass is 10.0. The second kappa shape index (κ2) is 9.23. The number of nitrogens with one attached hydrogen (secondary N) is 1. The van der Waals surface area contributed by atoms with Crippen LogP contribution in [0, 0.1) is 5.92 Å². The molecule has 1 N–H and O–H groups in total. The van der Waals surface area contributed by atoms with Gasteiger partial charge in [-0.1, -0.05) is 44.0 Å². The highest BCUT2D eigenvalue weighted by atomic mass is 16.1. The number of H-pyrrole nitrogens is 1. The van der Waals surface area contributed by atoms with Gasteiger partial charge in [-0.3, -0.25) is 9.69 Å². The number of nitrogens with zero attached hydrogens (tertiary/aromatic N) is 3. The molecule has 2 aliphatic rings. The molecule has 156 valence electrons. The average molecular weight is 395 g/mol. The summed E-state index contributed by atoms with van der Waals surface area (Å²) in [6.07, 6.45) is 6.10. The van der Waals surface area contributed by atoms with Crippen LogP contribution >= 0.6 is 0 Å². The maximum atomic E-state index is 12.2. The summed E-state index contributed by atoms with van der Waals surface area (Å²) in [7, 11) is 2.22. The van der Waals surface area contributed by atoms with Gasteiger partial charge in [0.05, 0.1) is 5.69 Å². The first-order chi connectivity index (χ1) is 14.1. The number of likely N-dealkylation sites (tertiary alicyclic amines) is 1. The van der Waals surface area contributed by atoms with Crippen molar-refractivity contribution in [3.63, 3.8) is 0 Å². The summed E-state index contributed by atoms with van der Waals surface area (Å²) in [6.45, 7) is 7.90. The van der Waals surface area contributed by atoms with Crippen LogP contribution in [-0.4, -0.2) is 53.0 Å². The molecule has 1 saturated heterocycles. The van der Waals surface area contributed by atoms with E-state index >= 15 is 0 Å². The van der Waals surface area contributed by atoms with E-state index in [0.717, 1.165) is 43.1 Å². The van der Waals surface area contributed by atoms with E-state index < -0.39 is 0 Å². The van der Waals surface area contributed by atoms with Crippen LogP contribution in [0.15, 0.2) is 35.1 Å². The zero-order valence-corrected chi connectivity index (χ0v) is 17.9. The van der Waals surface area contributed by atoms with E-state index in [4.69, 9.17) is 4.98 Å². The summed E-state index contributed by atoms with van der Waals surface area (Å²) in [6, 6.07) is 10.3. The van der Waals surface area contributed by atoms with Crippen molar-refractivity contribution in [3.05, 3.63) is 51.9 Å². The van der Waals surface area contributed by atoms with Gasteiger partial charge in [-0.2, -0.15) is 0 Å². The minimum Gasteiger partial charge on any atom is -0.307 e. The molecule has 0 amide bonds. The van der Waals surface area contributed by atoms with E-state index in [-0.39, 0.29) is 5.56 Å². The molecule has 4 rings (SSSR count). The average Bonchev–Trinajstić information content (AvgIpc) is 3.39. The van der Waals surface area contributed by atoms with Crippen LogP contribution in [0.3, 0.4) is 0 Å². The molecule has 1 aliphatic carbocycles. The van der Waals surface area contributed by atoms with Crippen LogP contribution in [0.2, 0.25) is 0 Å². The fraction of sp³-hybridized carbons (Fsp3) is 0.583. The Morgan fingerprint density at radius 3 is 2.59 bits per heavy atom. The Kier molecular flexibility index (Phi) is 6.46. The molecule has 2 fully saturated rings. The topological polar surface area (TPSA) is 52.2 Å². The molecule has 29 heavy (non-hydrogen) atoms. The van der Waals surface area contributed by atoms with Gasteiger partial charge in [-0.25, -0.2) is 4.98 Å². The third-order valence-electron chi connectivity index (χ3n) is 6.62. The Morgan fingerprint density at radius 1 is 1.17 bits per heavy atom. The van der Waals surface area contributed by atoms with Crippen molar-refractivity contribution in [3.8, 4) is 11.4 Å². The fourth-order valence-corrected chi connectivity index (χ4v) is 4.92. The summed E-state index contributed by atoms with van der Waals surface area (Å²) < 4.78 is 0. The second-order valence-corrected chi connectivity index (χ2v) is 8.94. The van der Waals surface area contributed by atoms with Crippen molar-refractivity contribution in [1.29, 1.82) is 0 Å². The van der Waals surface area contributed by atoms with Crippen molar-refractivity contribution in [2.75, 3.05) is 33.2 Å². The maximum absolute atomic E-state index is 12.2. The molecule has 5 nitrogen and oxygen atoms in total. The van der Waals surface area contributed by atoms with Crippen LogP contribution in [0.4, 0.5) is 0 Å². The molecule has 2 aromatic rings. The predicted molar refractivity (Wildman–Crippen MR) is 118 cm³/mol. The first-order valence-corrected chi connectivity index (χ1v) is 11.2. The Labute approximate surface area is 174 Å². The normalized spacial score (nSPS) is 20.7. The smallest absolute Gasteiger partial charge is 0.251 e. The molecule has 0 bridgehead atoms. The summed E-state index contributed by atoms with van der Waals surface area (Å²) in [4.78, 5) is 24.9. The molecular weight excluding hydrogens is 360 g/mol. The molecule has 0 spiro atoms. The van der Waals surface area contributed by atoms with Crippen molar-refractivity contribution < 1.29 is 0 Å². The first kappa shape index (κ1) is 20.3. The number of hydrogen-bond donors (Lipinski definition) is 1. The molecule has 1 saturated carbocycles. The van der Waals surface area contributed by atoms with E-state index in [1.54, 1.807) is 6.07 Å². The molecule has 2 heterocycles. The van der Waals surface area contributed by atoms with Gasteiger partial charge in [0.2, 0.25) is 0 Å². The zero-order chi connectivity index (χ0) is 20.2. The molecule has 1 aromatic carbocycles. The lowest BCUT2D eigenvalue weighted by Gasteiger charge is -2.24. The third-order valence-corrected chi connectivity index (χ3v) is 6.62. The SMILES string of the molecule is CCN(Cc1ccc(-c2nc(C3CCCC3)cc(=O)[nH]2)cc1)CC1CCN(C)C1. The molecule has 5 heteroatoms. The van der Waals surface area contributed by atoms with Gasteiger partial charge in [0.1, 0.15) is 5.82 Å². The van der Waals surface area contributed by atoms with Crippen LogP contribution in [0.5, 0.6) is 0 Å². The van der Waals surface area contributed by atoms with Gasteiger partial charge >= 0.3 is 0 Å². The van der Waals surface area contributed by atoms with Crippen LogP contribution < -0.4 is 5.56 Å². The lowest BCUT2D eigenvalue weighted by Crippen LogP contribution is -2.30. The van der Waals surface area contributed by atoms with Crippen LogP contribution in [-0.2, 0) is 6.54 Å². The zero-order valence-electron chi connectivity index (χ0n) is 17.9. The molecule has 0 radical (unpaired) electrons. The van der Waals surface area contributed by atoms with E-state index in [0.29, 0.717) is 11.7 Å². The van der Waals surface area contributed by atoms with E-state index in [2.05, 4.69) is 53.0 Å². The Hall–Kier alpha value is -1.98. The van der Waals surface area contributed by atoms with Gasteiger partial charge in [0, 0.05) is 37.2 Å². The van der Waals surface area contributed by atoms with Crippen molar-refractivity contribution in [1.82, 2.24) is 19.8 Å². The summed E-state index contributed by atoms with van der Waals surface area (Å²) in [5.41, 5.74) is 3.23. The summed E-state index contributed by atoms with van der Waals surface area (Å²) in [5.74, 6) is 1.93. The fourth-order valence-electron chi connectivity index (χ4n) is 4.92. The number of benzene rings is 1. The highest BCUT2D eigenvalue weighted by Crippen LogP contribution is 2.33. The number of rotatable bonds is 7. The second-order valence-electron chi connectivity index (χ2n) is 8.94. The standard InChI is InChI=1S/C24H34N4O/c1-3-28(17-19-12-13-27(2)15-19)16-18-8-10-21(11-9-18)24-25-22(14-23(29)26-24)20-6-4-5-7-20/h8-11,14,19-20H,3-7,12-13,15-17H2,1-2H3,(H,25,26,29). The Morgan fingerprint density at radius 2 is 1.93 bits per heavy atom. The summed E-state index contributed by atoms with van der Waals surface area (Å²) in [5, 5.41) is 0. The quantitative estimate of drug-likeness (QED) is 0.775. The van der Waals surface area contributed by atoms with Gasteiger partial charge in [-0.15, -0.1) is 0 Å². The minimum atomic E-state index is -0.0420. The largest absolute Gasteiger partial charge is 0.307 e. The van der Waals surface area contributed by atoms with Gasteiger partial charge in [0.25, 0.3) is 5.56 Å². The van der Waals surface area contributed by atoms with Crippen molar-refractivity contribution >= 4 is 0 Å². The van der Waals surface area contributed by atoms with E-state index in [1.807, 2.05) is 0 Å². The van der Waals surface area contributed by atoms with Crippen molar-refractivity contribution in [2.24, 2.45) is 5.92 Å². The van der Waals surface area contributed by atoms with E-state index in [1.165, 1.54) is 44.5 Å². The monoisotopic (exact) mass is 394 g/mol. The predicted octanol–water partition coefficient (Wildman–Crippen LogP) is 3.87. The first-order valence-electron chi connectivity index (χ1n) is 11.2. The molecule has 1 unspecified atom stereocenters.